The zero-order chi connectivity index (χ0) is 24.0. The van der Waals surface area contributed by atoms with Crippen molar-refractivity contribution >= 4 is 38.1 Å². The molecule has 3 aromatic carbocycles. The fourth-order valence-corrected chi connectivity index (χ4v) is 4.65. The fraction of sp³-hybridized carbons (Fsp3) is 0.0833. The van der Waals surface area contributed by atoms with E-state index in [1.165, 1.54) is 41.8 Å². The topological polar surface area (TPSA) is 107 Å². The summed E-state index contributed by atoms with van der Waals surface area (Å²) in [6.07, 6.45) is 1.51. The molecular formula is C24H21N3O5S2. The maximum atomic E-state index is 12.4. The van der Waals surface area contributed by atoms with Crippen molar-refractivity contribution in [1.82, 2.24) is 4.98 Å². The first-order valence-electron chi connectivity index (χ1n) is 10.2. The zero-order valence-electron chi connectivity index (χ0n) is 18.1. The first-order valence-corrected chi connectivity index (χ1v) is 12.5. The summed E-state index contributed by atoms with van der Waals surface area (Å²) in [5.41, 5.74) is 1.60. The van der Waals surface area contributed by atoms with Gasteiger partial charge in [-0.1, -0.05) is 17.7 Å². The number of aryl methyl sites for hydroxylation is 1. The van der Waals surface area contributed by atoms with Gasteiger partial charge in [0.05, 0.1) is 4.90 Å². The Morgan fingerprint density at radius 3 is 2.15 bits per heavy atom. The van der Waals surface area contributed by atoms with Gasteiger partial charge in [0, 0.05) is 17.3 Å². The average Bonchev–Trinajstić information content (AvgIpc) is 3.33. The molecule has 0 radical (unpaired) electrons. The first kappa shape index (κ1) is 23.3. The second kappa shape index (κ2) is 10.4. The van der Waals surface area contributed by atoms with Crippen LogP contribution in [0.15, 0.2) is 89.3 Å². The zero-order valence-corrected chi connectivity index (χ0v) is 19.7. The molecule has 0 saturated carbocycles. The summed E-state index contributed by atoms with van der Waals surface area (Å²) in [5, 5.41) is 4.63. The average molecular weight is 496 g/mol. The van der Waals surface area contributed by atoms with Crippen molar-refractivity contribution in [2.45, 2.75) is 11.8 Å². The van der Waals surface area contributed by atoms with E-state index in [2.05, 4.69) is 15.0 Å². The number of thiazole rings is 1. The quantitative estimate of drug-likeness (QED) is 0.336. The number of carbonyl (C=O) groups excluding carboxylic acids is 1. The smallest absolute Gasteiger partial charge is 0.263 e. The van der Waals surface area contributed by atoms with Gasteiger partial charge in [0.2, 0.25) is 0 Å². The third kappa shape index (κ3) is 6.33. The largest absolute Gasteiger partial charge is 0.484 e. The number of ether oxygens (including phenoxy) is 2. The summed E-state index contributed by atoms with van der Waals surface area (Å²) >= 11 is 1.18. The van der Waals surface area contributed by atoms with Gasteiger partial charge in [-0.2, -0.15) is 0 Å². The number of aromatic nitrogens is 1. The molecule has 0 saturated heterocycles. The minimum atomic E-state index is -3.75. The van der Waals surface area contributed by atoms with Crippen LogP contribution in [0.4, 0.5) is 10.8 Å². The molecule has 2 N–H and O–H groups in total. The highest BCUT2D eigenvalue weighted by Crippen LogP contribution is 2.24. The van der Waals surface area contributed by atoms with Crippen molar-refractivity contribution in [2.75, 3.05) is 16.6 Å². The second-order valence-electron chi connectivity index (χ2n) is 7.19. The van der Waals surface area contributed by atoms with Gasteiger partial charge in [0.1, 0.15) is 17.2 Å². The van der Waals surface area contributed by atoms with E-state index < -0.39 is 10.0 Å². The van der Waals surface area contributed by atoms with Crippen LogP contribution in [-0.2, 0) is 14.8 Å². The van der Waals surface area contributed by atoms with Gasteiger partial charge in [0.15, 0.2) is 11.7 Å². The van der Waals surface area contributed by atoms with Gasteiger partial charge in [-0.3, -0.25) is 9.52 Å². The third-order valence-corrected chi connectivity index (χ3v) is 6.73. The highest BCUT2D eigenvalue weighted by atomic mass is 32.2. The highest BCUT2D eigenvalue weighted by molar-refractivity contribution is 7.93. The monoisotopic (exact) mass is 495 g/mol. The molecule has 174 valence electrons. The lowest BCUT2D eigenvalue weighted by Gasteiger charge is -2.10. The molecule has 0 aliphatic rings. The van der Waals surface area contributed by atoms with Crippen LogP contribution in [0.5, 0.6) is 17.2 Å². The highest BCUT2D eigenvalue weighted by Gasteiger charge is 2.15. The van der Waals surface area contributed by atoms with Crippen LogP contribution < -0.4 is 19.5 Å². The molecule has 0 unspecified atom stereocenters. The Morgan fingerprint density at radius 2 is 1.53 bits per heavy atom. The van der Waals surface area contributed by atoms with E-state index in [0.29, 0.717) is 17.2 Å². The van der Waals surface area contributed by atoms with Crippen LogP contribution in [0.2, 0.25) is 0 Å². The van der Waals surface area contributed by atoms with Crippen molar-refractivity contribution in [3.8, 4) is 17.2 Å². The van der Waals surface area contributed by atoms with E-state index >= 15 is 0 Å². The summed E-state index contributed by atoms with van der Waals surface area (Å²) in [4.78, 5) is 16.2. The molecule has 0 aliphatic heterocycles. The molecule has 1 amide bonds. The second-order valence-corrected chi connectivity index (χ2v) is 9.77. The normalized spacial score (nSPS) is 11.0. The number of nitrogens with zero attached hydrogens (tertiary/aromatic N) is 1. The van der Waals surface area contributed by atoms with E-state index in [1.807, 2.05) is 31.2 Å². The van der Waals surface area contributed by atoms with E-state index in [9.17, 15) is 13.2 Å². The molecule has 0 fully saturated rings. The summed E-state index contributed by atoms with van der Waals surface area (Å²) in [6, 6.07) is 20.5. The van der Waals surface area contributed by atoms with Gasteiger partial charge in [-0.25, -0.2) is 13.4 Å². The molecule has 0 bridgehead atoms. The van der Waals surface area contributed by atoms with Crippen LogP contribution in [-0.4, -0.2) is 25.9 Å². The fourth-order valence-electron chi connectivity index (χ4n) is 2.86. The Labute approximate surface area is 201 Å². The number of sulfonamides is 1. The Kier molecular flexibility index (Phi) is 7.09. The predicted octanol–water partition coefficient (Wildman–Crippen LogP) is 5.06. The van der Waals surface area contributed by atoms with Gasteiger partial charge in [-0.15, -0.1) is 11.3 Å². The molecule has 1 aromatic heterocycles. The lowest BCUT2D eigenvalue weighted by Crippen LogP contribution is -2.20. The van der Waals surface area contributed by atoms with Crippen LogP contribution in [0, 0.1) is 6.92 Å². The van der Waals surface area contributed by atoms with E-state index in [4.69, 9.17) is 9.47 Å². The van der Waals surface area contributed by atoms with E-state index in [1.54, 1.807) is 29.6 Å². The number of nitrogens with one attached hydrogen (secondary N) is 2. The molecule has 0 aliphatic carbocycles. The van der Waals surface area contributed by atoms with Gasteiger partial charge < -0.3 is 14.8 Å². The maximum Gasteiger partial charge on any atom is 0.263 e. The Balaban J connectivity index is 1.27. The number of hydrogen-bond donors (Lipinski definition) is 2. The molecule has 4 aromatic rings. The maximum absolute atomic E-state index is 12.4. The van der Waals surface area contributed by atoms with Crippen LogP contribution in [0.1, 0.15) is 5.56 Å². The molecule has 4 rings (SSSR count). The summed E-state index contributed by atoms with van der Waals surface area (Å²) in [5.74, 6) is 1.52. The molecular weight excluding hydrogens is 474 g/mol. The molecule has 8 nitrogen and oxygen atoms in total. The summed E-state index contributed by atoms with van der Waals surface area (Å²) < 4.78 is 38.4. The Morgan fingerprint density at radius 1 is 0.912 bits per heavy atom. The van der Waals surface area contributed by atoms with Gasteiger partial charge in [0.25, 0.3) is 15.9 Å². The predicted molar refractivity (Wildman–Crippen MR) is 131 cm³/mol. The number of rotatable bonds is 9. The van der Waals surface area contributed by atoms with Crippen LogP contribution in [0.25, 0.3) is 0 Å². The number of carbonyl (C=O) groups is 1. The molecule has 10 heteroatoms. The van der Waals surface area contributed by atoms with Gasteiger partial charge >= 0.3 is 0 Å². The van der Waals surface area contributed by atoms with Crippen LogP contribution >= 0.6 is 11.3 Å². The first-order chi connectivity index (χ1) is 16.4. The number of hydrogen-bond acceptors (Lipinski definition) is 7. The Hall–Kier alpha value is -3.89. The SMILES string of the molecule is Cc1ccc(Oc2ccc(OCC(=O)Nc3ccc(S(=O)(=O)Nc4nccs4)cc3)cc2)cc1. The summed E-state index contributed by atoms with van der Waals surface area (Å²) in [6.45, 7) is 1.80. The van der Waals surface area contributed by atoms with Crippen LogP contribution in [0.3, 0.4) is 0 Å². The molecule has 34 heavy (non-hydrogen) atoms. The lowest BCUT2D eigenvalue weighted by atomic mass is 10.2. The van der Waals surface area contributed by atoms with Gasteiger partial charge in [-0.05, 0) is 67.6 Å². The molecule has 0 atom stereocenters. The van der Waals surface area contributed by atoms with Crippen molar-refractivity contribution in [1.29, 1.82) is 0 Å². The molecule has 1 heterocycles. The number of anilines is 2. The van der Waals surface area contributed by atoms with Crippen molar-refractivity contribution in [2.24, 2.45) is 0 Å². The standard InChI is InChI=1S/C24H21N3O5S2/c1-17-2-6-20(7-3-17)32-21-10-8-19(9-11-21)31-16-23(28)26-18-4-12-22(13-5-18)34(29,30)27-24-25-14-15-33-24/h2-15H,16H2,1H3,(H,25,27)(H,26,28). The lowest BCUT2D eigenvalue weighted by molar-refractivity contribution is -0.118. The Bertz CT molecular complexity index is 1340. The van der Waals surface area contributed by atoms with Crippen molar-refractivity contribution < 1.29 is 22.7 Å². The van der Waals surface area contributed by atoms with E-state index in [0.717, 1.165) is 11.3 Å². The summed E-state index contributed by atoms with van der Waals surface area (Å²) in [7, 11) is -3.75. The minimum Gasteiger partial charge on any atom is -0.484 e. The minimum absolute atomic E-state index is 0.0601. The third-order valence-electron chi connectivity index (χ3n) is 4.55. The molecule has 0 spiro atoms. The van der Waals surface area contributed by atoms with Crippen molar-refractivity contribution in [3.05, 3.63) is 89.9 Å². The number of amides is 1. The van der Waals surface area contributed by atoms with E-state index in [-0.39, 0.29) is 22.5 Å². The van der Waals surface area contributed by atoms with Crippen molar-refractivity contribution in [3.63, 3.8) is 0 Å². The number of benzene rings is 3.